The molecule has 0 unspecified atom stereocenters. The van der Waals surface area contributed by atoms with Crippen LogP contribution in [0.4, 0.5) is 0 Å². The number of sulfonamides is 1. The van der Waals surface area contributed by atoms with Crippen LogP contribution >= 0.6 is 0 Å². The highest BCUT2D eigenvalue weighted by Crippen LogP contribution is 2.30. The maximum atomic E-state index is 12.9. The lowest BCUT2D eigenvalue weighted by atomic mass is 9.84. The molecular formula is C27H33N3O5S. The molecule has 1 aromatic heterocycles. The fraction of sp³-hybridized carbons (Fsp3) is 0.407. The average Bonchev–Trinajstić information content (AvgIpc) is 3.39. The van der Waals surface area contributed by atoms with Crippen molar-refractivity contribution in [3.05, 3.63) is 72.8 Å². The molecule has 3 aromatic rings. The Bertz CT molecular complexity index is 1230. The van der Waals surface area contributed by atoms with Crippen LogP contribution in [0.1, 0.15) is 57.6 Å². The van der Waals surface area contributed by atoms with Gasteiger partial charge in [-0.15, -0.1) is 0 Å². The van der Waals surface area contributed by atoms with Crippen molar-refractivity contribution >= 4 is 15.9 Å². The fourth-order valence-corrected chi connectivity index (χ4v) is 6.03. The number of carbonyl (C=O) groups excluding carboxylic acids is 1. The Kier molecular flexibility index (Phi) is 7.92. The number of rotatable bonds is 9. The Balaban J connectivity index is 1.28. The summed E-state index contributed by atoms with van der Waals surface area (Å²) in [5.41, 5.74) is 0.495. The number of oxazole rings is 1. The molecule has 1 fully saturated rings. The van der Waals surface area contributed by atoms with Crippen molar-refractivity contribution in [3.63, 3.8) is 0 Å². The van der Waals surface area contributed by atoms with E-state index in [4.69, 9.17) is 4.42 Å². The minimum Gasteiger partial charge on any atom is -0.444 e. The van der Waals surface area contributed by atoms with E-state index in [0.717, 1.165) is 24.0 Å². The van der Waals surface area contributed by atoms with Crippen LogP contribution in [0.2, 0.25) is 0 Å². The Labute approximate surface area is 212 Å². The molecule has 8 nitrogen and oxygen atoms in total. The number of hydrogen-bond donors (Lipinski definition) is 3. The molecule has 1 aliphatic carbocycles. The minimum atomic E-state index is -3.65. The van der Waals surface area contributed by atoms with E-state index in [2.05, 4.69) is 15.0 Å². The zero-order chi connectivity index (χ0) is 25.8. The summed E-state index contributed by atoms with van der Waals surface area (Å²) in [4.78, 5) is 16.9. The van der Waals surface area contributed by atoms with Gasteiger partial charge in [0.15, 0.2) is 12.2 Å². The monoisotopic (exact) mass is 511 g/mol. The summed E-state index contributed by atoms with van der Waals surface area (Å²) in [5, 5.41) is 13.6. The Hall–Kier alpha value is -3.01. The van der Waals surface area contributed by atoms with E-state index in [1.807, 2.05) is 30.3 Å². The first-order chi connectivity index (χ1) is 17.1. The van der Waals surface area contributed by atoms with E-state index < -0.39 is 21.7 Å². The SMILES string of the molecule is CC(C)(O)[C@@H](NC(=O)CC1CCC(NS(=O)(=O)c2ccc(-c3cnco3)cc2)CC1)c1ccccc1. The van der Waals surface area contributed by atoms with E-state index in [1.54, 1.807) is 44.3 Å². The van der Waals surface area contributed by atoms with Crippen molar-refractivity contribution < 1.29 is 22.7 Å². The van der Waals surface area contributed by atoms with Gasteiger partial charge in [0.1, 0.15) is 0 Å². The molecule has 2 aromatic carbocycles. The summed E-state index contributed by atoms with van der Waals surface area (Å²) >= 11 is 0. The van der Waals surface area contributed by atoms with Crippen LogP contribution in [0.3, 0.4) is 0 Å². The fourth-order valence-electron chi connectivity index (χ4n) is 4.72. The topological polar surface area (TPSA) is 122 Å². The molecule has 36 heavy (non-hydrogen) atoms. The van der Waals surface area contributed by atoms with Gasteiger partial charge in [-0.25, -0.2) is 18.1 Å². The van der Waals surface area contributed by atoms with Gasteiger partial charge < -0.3 is 14.8 Å². The van der Waals surface area contributed by atoms with Gasteiger partial charge >= 0.3 is 0 Å². The molecular weight excluding hydrogens is 478 g/mol. The normalized spacial score (nSPS) is 19.5. The predicted octanol–water partition coefficient (Wildman–Crippen LogP) is 4.20. The lowest BCUT2D eigenvalue weighted by Crippen LogP contribution is -2.43. The van der Waals surface area contributed by atoms with E-state index in [1.165, 1.54) is 6.39 Å². The van der Waals surface area contributed by atoms with Crippen molar-refractivity contribution in [1.29, 1.82) is 0 Å². The van der Waals surface area contributed by atoms with Crippen LogP contribution in [-0.2, 0) is 14.8 Å². The highest BCUT2D eigenvalue weighted by Gasteiger charge is 2.32. The number of aliphatic hydroxyl groups is 1. The zero-order valence-corrected chi connectivity index (χ0v) is 21.4. The minimum absolute atomic E-state index is 0.109. The Morgan fingerprint density at radius 2 is 1.75 bits per heavy atom. The molecule has 3 N–H and O–H groups in total. The second-order valence-corrected chi connectivity index (χ2v) is 11.7. The summed E-state index contributed by atoms with van der Waals surface area (Å²) in [6, 6.07) is 15.3. The van der Waals surface area contributed by atoms with E-state index in [9.17, 15) is 18.3 Å². The summed E-state index contributed by atoms with van der Waals surface area (Å²) in [6.45, 7) is 3.37. The molecule has 0 aliphatic heterocycles. The zero-order valence-electron chi connectivity index (χ0n) is 20.6. The van der Waals surface area contributed by atoms with Crippen LogP contribution in [0.15, 0.2) is 76.5 Å². The van der Waals surface area contributed by atoms with Crippen LogP contribution in [0, 0.1) is 5.92 Å². The molecule has 1 amide bonds. The van der Waals surface area contributed by atoms with Crippen LogP contribution < -0.4 is 10.0 Å². The van der Waals surface area contributed by atoms with Crippen LogP contribution in [-0.4, -0.2) is 36.1 Å². The van der Waals surface area contributed by atoms with Crippen molar-refractivity contribution in [2.24, 2.45) is 5.92 Å². The van der Waals surface area contributed by atoms with E-state index >= 15 is 0 Å². The highest BCUT2D eigenvalue weighted by atomic mass is 32.2. The first-order valence-electron chi connectivity index (χ1n) is 12.2. The standard InChI is InChI=1S/C27H33N3O5S/c1-27(2,32)26(21-6-4-3-5-7-21)29-25(31)16-19-8-12-22(13-9-19)30-36(33,34)23-14-10-20(11-15-23)24-17-28-18-35-24/h3-7,10-11,14-15,17-19,22,26,30,32H,8-9,12-13,16H2,1-2H3,(H,29,31)/t19?,22?,26-/m0/s1. The number of nitrogens with zero attached hydrogens (tertiary/aromatic N) is 1. The van der Waals surface area contributed by atoms with Gasteiger partial charge in [0.25, 0.3) is 0 Å². The molecule has 9 heteroatoms. The number of hydrogen-bond acceptors (Lipinski definition) is 6. The van der Waals surface area contributed by atoms with Gasteiger partial charge in [0.05, 0.1) is 22.7 Å². The molecule has 1 heterocycles. The number of amides is 1. The first kappa shape index (κ1) is 26.1. The summed E-state index contributed by atoms with van der Waals surface area (Å²) in [5.74, 6) is 0.638. The Morgan fingerprint density at radius 3 is 2.33 bits per heavy atom. The number of nitrogens with one attached hydrogen (secondary N) is 2. The molecule has 1 atom stereocenters. The van der Waals surface area contributed by atoms with Gasteiger partial charge in [-0.2, -0.15) is 0 Å². The summed E-state index contributed by atoms with van der Waals surface area (Å²) in [7, 11) is -3.65. The maximum absolute atomic E-state index is 12.9. The predicted molar refractivity (Wildman–Crippen MR) is 136 cm³/mol. The summed E-state index contributed by atoms with van der Waals surface area (Å²) in [6.07, 6.45) is 6.10. The van der Waals surface area contributed by atoms with Gasteiger partial charge in [-0.1, -0.05) is 30.3 Å². The van der Waals surface area contributed by atoms with Crippen LogP contribution in [0.25, 0.3) is 11.3 Å². The van der Waals surface area contributed by atoms with Crippen LogP contribution in [0.5, 0.6) is 0 Å². The van der Waals surface area contributed by atoms with E-state index in [-0.39, 0.29) is 22.8 Å². The smallest absolute Gasteiger partial charge is 0.240 e. The third-order valence-corrected chi connectivity index (χ3v) is 8.21. The molecule has 0 radical (unpaired) electrons. The Morgan fingerprint density at radius 1 is 1.08 bits per heavy atom. The molecule has 1 saturated carbocycles. The molecule has 1 aliphatic rings. The quantitative estimate of drug-likeness (QED) is 0.396. The highest BCUT2D eigenvalue weighted by molar-refractivity contribution is 7.89. The van der Waals surface area contributed by atoms with Crippen molar-refractivity contribution in [2.75, 3.05) is 0 Å². The first-order valence-corrected chi connectivity index (χ1v) is 13.7. The van der Waals surface area contributed by atoms with Gasteiger partial charge in [0.2, 0.25) is 15.9 Å². The van der Waals surface area contributed by atoms with Crippen molar-refractivity contribution in [3.8, 4) is 11.3 Å². The largest absolute Gasteiger partial charge is 0.444 e. The molecule has 0 bridgehead atoms. The number of aromatic nitrogens is 1. The molecule has 4 rings (SSSR count). The van der Waals surface area contributed by atoms with Gasteiger partial charge in [0, 0.05) is 18.0 Å². The molecule has 0 spiro atoms. The third-order valence-electron chi connectivity index (χ3n) is 6.67. The molecule has 192 valence electrons. The van der Waals surface area contributed by atoms with Crippen molar-refractivity contribution in [2.45, 2.75) is 68.5 Å². The van der Waals surface area contributed by atoms with E-state index in [0.29, 0.717) is 25.0 Å². The number of benzene rings is 2. The van der Waals surface area contributed by atoms with Gasteiger partial charge in [-0.3, -0.25) is 4.79 Å². The summed E-state index contributed by atoms with van der Waals surface area (Å²) < 4.78 is 33.8. The second kappa shape index (κ2) is 10.9. The lowest BCUT2D eigenvalue weighted by molar-refractivity contribution is -0.125. The maximum Gasteiger partial charge on any atom is 0.240 e. The van der Waals surface area contributed by atoms with Crippen molar-refractivity contribution in [1.82, 2.24) is 15.0 Å². The van der Waals surface area contributed by atoms with Gasteiger partial charge in [-0.05, 0) is 75.3 Å². The third kappa shape index (κ3) is 6.60. The molecule has 0 saturated heterocycles. The second-order valence-electron chi connectivity index (χ2n) is 10.00. The lowest BCUT2D eigenvalue weighted by Gasteiger charge is -2.32. The number of carbonyl (C=O) groups is 1. The average molecular weight is 512 g/mol.